The van der Waals surface area contributed by atoms with Gasteiger partial charge in [0, 0.05) is 5.56 Å². The van der Waals surface area contributed by atoms with Crippen LogP contribution in [0.4, 0.5) is 11.4 Å². The Labute approximate surface area is 93.9 Å². The largest absolute Gasteiger partial charge is 0.288 e. The van der Waals surface area contributed by atoms with Gasteiger partial charge in [0.05, 0.1) is 15.9 Å². The van der Waals surface area contributed by atoms with Gasteiger partial charge in [0.2, 0.25) is 0 Å². The van der Waals surface area contributed by atoms with Crippen molar-refractivity contribution in [3.05, 3.63) is 43.5 Å². The second-order valence-electron chi connectivity index (χ2n) is 2.94. The minimum absolute atomic E-state index is 0.139. The third-order valence-corrected chi connectivity index (χ3v) is 2.12. The molecule has 8 heteroatoms. The Balaban J connectivity index is 3.55. The number of benzene rings is 1. The molecule has 0 fully saturated rings. The summed E-state index contributed by atoms with van der Waals surface area (Å²) < 4.78 is 0. The third kappa shape index (κ3) is 2.14. The van der Waals surface area contributed by atoms with E-state index in [1.165, 1.54) is 6.92 Å². The van der Waals surface area contributed by atoms with Crippen molar-refractivity contribution in [1.29, 1.82) is 0 Å². The smallest absolute Gasteiger partial charge is 0.275 e. The van der Waals surface area contributed by atoms with Gasteiger partial charge in [-0.05, 0) is 24.6 Å². The van der Waals surface area contributed by atoms with Gasteiger partial charge in [0.25, 0.3) is 16.6 Å². The van der Waals surface area contributed by atoms with E-state index in [9.17, 15) is 25.0 Å². The van der Waals surface area contributed by atoms with Crippen LogP contribution >= 0.6 is 11.6 Å². The van der Waals surface area contributed by atoms with E-state index in [4.69, 9.17) is 11.6 Å². The molecule has 84 valence electrons. The van der Waals surface area contributed by atoms with Crippen LogP contribution in [0.25, 0.3) is 0 Å². The van der Waals surface area contributed by atoms with Crippen molar-refractivity contribution in [1.82, 2.24) is 0 Å². The zero-order chi connectivity index (χ0) is 12.5. The lowest BCUT2D eigenvalue weighted by Gasteiger charge is -2.00. The van der Waals surface area contributed by atoms with E-state index in [0.717, 1.165) is 12.1 Å². The van der Waals surface area contributed by atoms with E-state index in [-0.39, 0.29) is 11.1 Å². The molecule has 0 N–H and O–H groups in total. The maximum Gasteiger partial charge on any atom is 0.288 e. The number of nitro groups is 2. The van der Waals surface area contributed by atoms with Crippen molar-refractivity contribution in [3.63, 3.8) is 0 Å². The lowest BCUT2D eigenvalue weighted by atomic mass is 10.1. The molecule has 0 aromatic heterocycles. The fourth-order valence-electron chi connectivity index (χ4n) is 1.19. The molecule has 0 unspecified atom stereocenters. The normalized spacial score (nSPS) is 9.88. The Hall–Kier alpha value is -2.02. The van der Waals surface area contributed by atoms with Gasteiger partial charge in [0.1, 0.15) is 5.56 Å². The lowest BCUT2D eigenvalue weighted by Crippen LogP contribution is -2.02. The van der Waals surface area contributed by atoms with E-state index in [1.807, 2.05) is 0 Å². The van der Waals surface area contributed by atoms with Crippen molar-refractivity contribution in [3.8, 4) is 0 Å². The molecule has 0 spiro atoms. The molecule has 7 nitrogen and oxygen atoms in total. The molecule has 1 aromatic rings. The minimum atomic E-state index is -1.02. The van der Waals surface area contributed by atoms with Crippen molar-refractivity contribution >= 4 is 28.2 Å². The van der Waals surface area contributed by atoms with Gasteiger partial charge in [-0.25, -0.2) is 0 Å². The standard InChI is InChI=1S/C8H5ClN2O5/c1-4-2-5(8(9)12)7(11(15)16)3-6(4)10(13)14/h2-3H,1H3. The van der Waals surface area contributed by atoms with Crippen LogP contribution in [0.5, 0.6) is 0 Å². The van der Waals surface area contributed by atoms with Crippen LogP contribution in [0.15, 0.2) is 12.1 Å². The molecule has 0 aliphatic rings. The topological polar surface area (TPSA) is 103 Å². The maximum atomic E-state index is 10.9. The summed E-state index contributed by atoms with van der Waals surface area (Å²) in [5.41, 5.74) is -1.31. The molecule has 0 saturated carbocycles. The molecule has 0 amide bonds. The molecule has 16 heavy (non-hydrogen) atoms. The van der Waals surface area contributed by atoms with Crippen molar-refractivity contribution < 1.29 is 14.6 Å². The molecule has 1 rings (SSSR count). The fourth-order valence-corrected chi connectivity index (χ4v) is 1.34. The van der Waals surface area contributed by atoms with E-state index in [0.29, 0.717) is 0 Å². The summed E-state index contributed by atoms with van der Waals surface area (Å²) in [6.07, 6.45) is 0. The molecule has 0 aliphatic carbocycles. The maximum absolute atomic E-state index is 10.9. The monoisotopic (exact) mass is 244 g/mol. The summed E-state index contributed by atoms with van der Waals surface area (Å²) in [6, 6.07) is 1.76. The molecular weight excluding hydrogens is 240 g/mol. The predicted octanol–water partition coefficient (Wildman–Crippen LogP) is 2.19. The second-order valence-corrected chi connectivity index (χ2v) is 3.29. The summed E-state index contributed by atoms with van der Waals surface area (Å²) in [5.74, 6) is 0. The van der Waals surface area contributed by atoms with Crippen molar-refractivity contribution in [2.24, 2.45) is 0 Å². The first-order valence-corrected chi connectivity index (χ1v) is 4.35. The number of hydrogen-bond donors (Lipinski definition) is 0. The molecule has 0 heterocycles. The highest BCUT2D eigenvalue weighted by Gasteiger charge is 2.25. The van der Waals surface area contributed by atoms with E-state index < -0.39 is 26.5 Å². The summed E-state index contributed by atoms with van der Waals surface area (Å²) in [5, 5.41) is 20.1. The van der Waals surface area contributed by atoms with Gasteiger partial charge in [-0.3, -0.25) is 25.0 Å². The SMILES string of the molecule is Cc1cc(C(=O)Cl)c([N+](=O)[O-])cc1[N+](=O)[O-]. The highest BCUT2D eigenvalue weighted by Crippen LogP contribution is 2.29. The van der Waals surface area contributed by atoms with Gasteiger partial charge < -0.3 is 0 Å². The van der Waals surface area contributed by atoms with E-state index >= 15 is 0 Å². The van der Waals surface area contributed by atoms with Gasteiger partial charge in [-0.1, -0.05) is 0 Å². The van der Waals surface area contributed by atoms with Crippen LogP contribution in [0.1, 0.15) is 15.9 Å². The molecule has 0 aliphatic heterocycles. The van der Waals surface area contributed by atoms with Gasteiger partial charge in [0.15, 0.2) is 0 Å². The highest BCUT2D eigenvalue weighted by atomic mass is 35.5. The van der Waals surface area contributed by atoms with Crippen LogP contribution in [0, 0.1) is 27.2 Å². The number of aryl methyl sites for hydroxylation is 1. The number of hydrogen-bond acceptors (Lipinski definition) is 5. The van der Waals surface area contributed by atoms with Crippen molar-refractivity contribution in [2.45, 2.75) is 6.92 Å². The highest BCUT2D eigenvalue weighted by molar-refractivity contribution is 6.68. The van der Waals surface area contributed by atoms with Gasteiger partial charge >= 0.3 is 0 Å². The zero-order valence-electron chi connectivity index (χ0n) is 7.97. The predicted molar refractivity (Wildman–Crippen MR) is 54.7 cm³/mol. The van der Waals surface area contributed by atoms with Crippen molar-refractivity contribution in [2.75, 3.05) is 0 Å². The first-order valence-electron chi connectivity index (χ1n) is 3.98. The summed E-state index contributed by atoms with van der Waals surface area (Å²) in [6.45, 7) is 1.37. The average Bonchev–Trinajstić information content (AvgIpc) is 2.15. The summed E-state index contributed by atoms with van der Waals surface area (Å²) >= 11 is 5.14. The van der Waals surface area contributed by atoms with Crippen LogP contribution < -0.4 is 0 Å². The average molecular weight is 245 g/mol. The third-order valence-electron chi connectivity index (χ3n) is 1.92. The number of nitro benzene ring substituents is 2. The molecule has 1 aromatic carbocycles. The van der Waals surface area contributed by atoms with E-state index in [1.54, 1.807) is 0 Å². The first-order chi connectivity index (χ1) is 7.34. The van der Waals surface area contributed by atoms with Crippen LogP contribution in [-0.2, 0) is 0 Å². The molecule has 0 atom stereocenters. The van der Waals surface area contributed by atoms with Gasteiger partial charge in [-0.2, -0.15) is 0 Å². The second kappa shape index (κ2) is 4.23. The number of nitrogens with zero attached hydrogens (tertiary/aromatic N) is 2. The Morgan fingerprint density at radius 2 is 1.69 bits per heavy atom. The molecule has 0 bridgehead atoms. The number of rotatable bonds is 3. The van der Waals surface area contributed by atoms with Crippen LogP contribution in [-0.4, -0.2) is 15.1 Å². The zero-order valence-corrected chi connectivity index (χ0v) is 8.72. The lowest BCUT2D eigenvalue weighted by molar-refractivity contribution is -0.394. The first kappa shape index (κ1) is 12.1. The molecular formula is C8H5ClN2O5. The summed E-state index contributed by atoms with van der Waals surface area (Å²) in [4.78, 5) is 30.4. The van der Waals surface area contributed by atoms with Gasteiger partial charge in [-0.15, -0.1) is 0 Å². The number of carbonyl (C=O) groups is 1. The molecule has 0 radical (unpaired) electrons. The summed E-state index contributed by atoms with van der Waals surface area (Å²) in [7, 11) is 0. The Morgan fingerprint density at radius 1 is 1.19 bits per heavy atom. The molecule has 0 saturated heterocycles. The minimum Gasteiger partial charge on any atom is -0.275 e. The number of carbonyl (C=O) groups excluding carboxylic acids is 1. The number of halogens is 1. The Bertz CT molecular complexity index is 499. The van der Waals surface area contributed by atoms with Crippen LogP contribution in [0.3, 0.4) is 0 Å². The Morgan fingerprint density at radius 3 is 2.06 bits per heavy atom. The Kier molecular flexibility index (Phi) is 3.19. The quantitative estimate of drug-likeness (QED) is 0.460. The fraction of sp³-hybridized carbons (Fsp3) is 0.125. The van der Waals surface area contributed by atoms with E-state index in [2.05, 4.69) is 0 Å². The van der Waals surface area contributed by atoms with Crippen LogP contribution in [0.2, 0.25) is 0 Å².